The minimum absolute atomic E-state index is 0.0697. The maximum absolute atomic E-state index is 12.0. The molecule has 5 nitrogen and oxygen atoms in total. The van der Waals surface area contributed by atoms with Crippen molar-refractivity contribution in [2.75, 3.05) is 13.1 Å². The molecule has 0 aromatic carbocycles. The molecule has 0 bridgehead atoms. The first kappa shape index (κ1) is 13.4. The van der Waals surface area contributed by atoms with Gasteiger partial charge in [-0.05, 0) is 18.8 Å². The third kappa shape index (κ3) is 2.54. The van der Waals surface area contributed by atoms with Crippen LogP contribution in [0.25, 0.3) is 0 Å². The van der Waals surface area contributed by atoms with Crippen molar-refractivity contribution in [3.8, 4) is 6.07 Å². The number of nitriles is 1. The van der Waals surface area contributed by atoms with Crippen molar-refractivity contribution in [3.63, 3.8) is 0 Å². The predicted octanol–water partition coefficient (Wildman–Crippen LogP) is 0.321. The van der Waals surface area contributed by atoms with Crippen LogP contribution in [0.1, 0.15) is 26.7 Å². The highest BCUT2D eigenvalue weighted by molar-refractivity contribution is 7.90. The second-order valence-electron chi connectivity index (χ2n) is 4.26. The average Bonchev–Trinajstić information content (AvgIpc) is 2.23. The van der Waals surface area contributed by atoms with E-state index in [1.165, 1.54) is 4.31 Å². The molecule has 16 heavy (non-hydrogen) atoms. The van der Waals surface area contributed by atoms with Crippen LogP contribution in [-0.2, 0) is 10.0 Å². The van der Waals surface area contributed by atoms with Gasteiger partial charge >= 0.3 is 0 Å². The van der Waals surface area contributed by atoms with E-state index in [2.05, 4.69) is 0 Å². The Kier molecular flexibility index (Phi) is 4.30. The number of hydrogen-bond acceptors (Lipinski definition) is 4. The van der Waals surface area contributed by atoms with Crippen molar-refractivity contribution >= 4 is 10.0 Å². The van der Waals surface area contributed by atoms with E-state index in [1.54, 1.807) is 6.92 Å². The lowest BCUT2D eigenvalue weighted by Crippen LogP contribution is -2.47. The summed E-state index contributed by atoms with van der Waals surface area (Å²) in [6.07, 6.45) is 0.308. The summed E-state index contributed by atoms with van der Waals surface area (Å²) in [6.45, 7) is 4.13. The van der Waals surface area contributed by atoms with Crippen molar-refractivity contribution in [1.29, 1.82) is 5.26 Å². The van der Waals surface area contributed by atoms with Crippen LogP contribution in [0.3, 0.4) is 0 Å². The van der Waals surface area contributed by atoms with E-state index in [0.717, 1.165) is 0 Å². The lowest BCUT2D eigenvalue weighted by Gasteiger charge is -2.34. The first-order valence-electron chi connectivity index (χ1n) is 5.50. The summed E-state index contributed by atoms with van der Waals surface area (Å²) in [5.41, 5.74) is 0. The zero-order chi connectivity index (χ0) is 12.3. The van der Waals surface area contributed by atoms with Crippen LogP contribution in [0.5, 0.6) is 0 Å². The number of nitrogens with zero attached hydrogens (tertiary/aromatic N) is 2. The maximum Gasteiger partial charge on any atom is 0.230 e. The first-order chi connectivity index (χ1) is 7.43. The Hall–Kier alpha value is -0.640. The monoisotopic (exact) mass is 246 g/mol. The molecule has 0 amide bonds. The molecule has 1 N–H and O–H groups in total. The van der Waals surface area contributed by atoms with Crippen molar-refractivity contribution in [2.45, 2.75) is 38.0 Å². The summed E-state index contributed by atoms with van der Waals surface area (Å²) in [6, 6.07) is 1.82. The Morgan fingerprint density at radius 2 is 2.25 bits per heavy atom. The zero-order valence-electron chi connectivity index (χ0n) is 9.63. The molecular weight excluding hydrogens is 228 g/mol. The van der Waals surface area contributed by atoms with Gasteiger partial charge < -0.3 is 5.11 Å². The minimum Gasteiger partial charge on any atom is -0.393 e. The fourth-order valence-electron chi connectivity index (χ4n) is 1.87. The van der Waals surface area contributed by atoms with E-state index in [9.17, 15) is 13.5 Å². The van der Waals surface area contributed by atoms with Gasteiger partial charge in [-0.1, -0.05) is 13.8 Å². The van der Waals surface area contributed by atoms with Crippen molar-refractivity contribution in [1.82, 2.24) is 4.31 Å². The SMILES string of the molecule is CCC(C#N)S(=O)(=O)N1CCC(O)C(C)C1. The summed E-state index contributed by atoms with van der Waals surface area (Å²) in [7, 11) is -3.52. The van der Waals surface area contributed by atoms with E-state index in [4.69, 9.17) is 5.26 Å². The van der Waals surface area contributed by atoms with Gasteiger partial charge in [0.25, 0.3) is 0 Å². The smallest absolute Gasteiger partial charge is 0.230 e. The van der Waals surface area contributed by atoms with Crippen LogP contribution >= 0.6 is 0 Å². The fraction of sp³-hybridized carbons (Fsp3) is 0.900. The molecule has 92 valence electrons. The Labute approximate surface area is 96.7 Å². The standard InChI is InChI=1S/C10H18N2O3S/c1-3-9(6-11)16(14,15)12-5-4-10(13)8(2)7-12/h8-10,13H,3-5,7H2,1-2H3. The molecule has 1 saturated heterocycles. The van der Waals surface area contributed by atoms with E-state index in [-0.39, 0.29) is 5.92 Å². The van der Waals surface area contributed by atoms with Crippen molar-refractivity contribution in [2.24, 2.45) is 5.92 Å². The van der Waals surface area contributed by atoms with Gasteiger partial charge in [0.2, 0.25) is 10.0 Å². The van der Waals surface area contributed by atoms with Crippen LogP contribution in [-0.4, -0.2) is 42.3 Å². The van der Waals surface area contributed by atoms with Crippen LogP contribution < -0.4 is 0 Å². The van der Waals surface area contributed by atoms with Crippen LogP contribution in [0.15, 0.2) is 0 Å². The van der Waals surface area contributed by atoms with Crippen LogP contribution in [0, 0.1) is 17.2 Å². The summed E-state index contributed by atoms with van der Waals surface area (Å²) < 4.78 is 25.4. The third-order valence-electron chi connectivity index (χ3n) is 3.06. The second-order valence-corrected chi connectivity index (χ2v) is 6.38. The topological polar surface area (TPSA) is 81.4 Å². The molecule has 0 saturated carbocycles. The Balaban J connectivity index is 2.82. The quantitative estimate of drug-likeness (QED) is 0.777. The highest BCUT2D eigenvalue weighted by atomic mass is 32.2. The molecule has 0 aromatic rings. The molecule has 1 fully saturated rings. The number of rotatable bonds is 3. The number of hydrogen-bond donors (Lipinski definition) is 1. The van der Waals surface area contributed by atoms with E-state index in [1.807, 2.05) is 13.0 Å². The Morgan fingerprint density at radius 1 is 1.62 bits per heavy atom. The predicted molar refractivity (Wildman–Crippen MR) is 60.0 cm³/mol. The van der Waals surface area contributed by atoms with E-state index >= 15 is 0 Å². The number of aliphatic hydroxyl groups is 1. The Morgan fingerprint density at radius 3 is 2.69 bits per heavy atom. The van der Waals surface area contributed by atoms with E-state index in [0.29, 0.717) is 25.9 Å². The molecular formula is C10H18N2O3S. The van der Waals surface area contributed by atoms with Crippen LogP contribution in [0.4, 0.5) is 0 Å². The van der Waals surface area contributed by atoms with Gasteiger partial charge in [0.15, 0.2) is 5.25 Å². The Bertz CT molecular complexity index is 374. The third-order valence-corrected chi connectivity index (χ3v) is 5.27. The van der Waals surface area contributed by atoms with Gasteiger partial charge in [-0.15, -0.1) is 0 Å². The van der Waals surface area contributed by atoms with Gasteiger partial charge in [-0.25, -0.2) is 12.7 Å². The van der Waals surface area contributed by atoms with Gasteiger partial charge in [-0.2, -0.15) is 5.26 Å². The molecule has 1 rings (SSSR count). The molecule has 0 radical (unpaired) electrons. The minimum atomic E-state index is -3.52. The normalized spacial score (nSPS) is 29.6. The number of aliphatic hydroxyl groups excluding tert-OH is 1. The molecule has 0 aromatic heterocycles. The van der Waals surface area contributed by atoms with Gasteiger partial charge in [0.1, 0.15) is 0 Å². The molecule has 3 atom stereocenters. The maximum atomic E-state index is 12.0. The molecule has 1 aliphatic heterocycles. The summed E-state index contributed by atoms with van der Waals surface area (Å²) in [5.74, 6) is -0.0697. The second kappa shape index (κ2) is 5.13. The molecule has 1 heterocycles. The zero-order valence-corrected chi connectivity index (χ0v) is 10.4. The molecule has 3 unspecified atom stereocenters. The largest absolute Gasteiger partial charge is 0.393 e. The lowest BCUT2D eigenvalue weighted by atomic mass is 9.99. The summed E-state index contributed by atoms with van der Waals surface area (Å²) in [4.78, 5) is 0. The van der Waals surface area contributed by atoms with E-state index < -0.39 is 21.4 Å². The van der Waals surface area contributed by atoms with Crippen LogP contribution in [0.2, 0.25) is 0 Å². The lowest BCUT2D eigenvalue weighted by molar-refractivity contribution is 0.0627. The van der Waals surface area contributed by atoms with Gasteiger partial charge in [-0.3, -0.25) is 0 Å². The highest BCUT2D eigenvalue weighted by Crippen LogP contribution is 2.22. The highest BCUT2D eigenvalue weighted by Gasteiger charge is 2.35. The number of piperidine rings is 1. The van der Waals surface area contributed by atoms with Gasteiger partial charge in [0, 0.05) is 13.1 Å². The average molecular weight is 246 g/mol. The molecule has 0 aliphatic carbocycles. The van der Waals surface area contributed by atoms with Crippen molar-refractivity contribution < 1.29 is 13.5 Å². The molecule has 6 heteroatoms. The van der Waals surface area contributed by atoms with Gasteiger partial charge in [0.05, 0.1) is 12.2 Å². The van der Waals surface area contributed by atoms with Crippen molar-refractivity contribution in [3.05, 3.63) is 0 Å². The first-order valence-corrected chi connectivity index (χ1v) is 7.00. The number of sulfonamides is 1. The summed E-state index contributed by atoms with van der Waals surface area (Å²) >= 11 is 0. The molecule has 0 spiro atoms. The molecule has 1 aliphatic rings. The summed E-state index contributed by atoms with van der Waals surface area (Å²) in [5, 5.41) is 17.4. The fourth-order valence-corrected chi connectivity index (χ4v) is 3.59.